The van der Waals surface area contributed by atoms with Crippen molar-refractivity contribution in [2.75, 3.05) is 18.2 Å². The zero-order chi connectivity index (χ0) is 14.5. The Balaban J connectivity index is 2.27. The van der Waals surface area contributed by atoms with E-state index in [4.69, 9.17) is 4.74 Å². The Morgan fingerprint density at radius 1 is 1.45 bits per heavy atom. The number of anilines is 2. The normalized spacial score (nSPS) is 10.3. The van der Waals surface area contributed by atoms with Gasteiger partial charge in [0.1, 0.15) is 10.8 Å². The Hall–Kier alpha value is -1.60. The quantitative estimate of drug-likeness (QED) is 0.670. The lowest BCUT2D eigenvalue weighted by molar-refractivity contribution is 0.0521. The predicted octanol–water partition coefficient (Wildman–Crippen LogP) is 3.92. The molecule has 0 aliphatic carbocycles. The van der Waals surface area contributed by atoms with Crippen LogP contribution in [0, 0.1) is 5.82 Å². The first-order valence-corrected chi connectivity index (χ1v) is 7.92. The summed E-state index contributed by atoms with van der Waals surface area (Å²) in [5.74, 6) is -0.774. The molecule has 0 fully saturated rings. The van der Waals surface area contributed by atoms with E-state index in [0.29, 0.717) is 17.3 Å². The SMILES string of the molecule is CCOC(=O)c1nc(SC)sc1Nc1ccc(F)cc1. The number of nitrogens with one attached hydrogen (secondary N) is 1. The van der Waals surface area contributed by atoms with Gasteiger partial charge >= 0.3 is 5.97 Å². The minimum absolute atomic E-state index is 0.255. The van der Waals surface area contributed by atoms with Crippen molar-refractivity contribution in [3.05, 3.63) is 35.8 Å². The third kappa shape index (κ3) is 3.49. The van der Waals surface area contributed by atoms with Crippen LogP contribution in [-0.2, 0) is 4.74 Å². The summed E-state index contributed by atoms with van der Waals surface area (Å²) in [4.78, 5) is 16.1. The van der Waals surface area contributed by atoms with Gasteiger partial charge in [0, 0.05) is 5.69 Å². The molecule has 0 atom stereocenters. The van der Waals surface area contributed by atoms with Gasteiger partial charge in [0.05, 0.1) is 6.61 Å². The van der Waals surface area contributed by atoms with E-state index >= 15 is 0 Å². The molecule has 106 valence electrons. The molecule has 0 bridgehead atoms. The molecule has 2 rings (SSSR count). The van der Waals surface area contributed by atoms with E-state index in [1.807, 2.05) is 6.26 Å². The molecule has 1 N–H and O–H groups in total. The van der Waals surface area contributed by atoms with Crippen LogP contribution in [0.1, 0.15) is 17.4 Å². The maximum atomic E-state index is 12.9. The van der Waals surface area contributed by atoms with Gasteiger partial charge in [-0.1, -0.05) is 23.1 Å². The number of benzene rings is 1. The molecule has 0 amide bonds. The molecule has 2 aromatic rings. The Bertz CT molecular complexity index is 599. The van der Waals surface area contributed by atoms with Gasteiger partial charge in [0.2, 0.25) is 0 Å². The highest BCUT2D eigenvalue weighted by Crippen LogP contribution is 2.33. The molecule has 1 heterocycles. The lowest BCUT2D eigenvalue weighted by atomic mass is 10.3. The summed E-state index contributed by atoms with van der Waals surface area (Å²) >= 11 is 2.81. The molecule has 0 spiro atoms. The Morgan fingerprint density at radius 3 is 2.75 bits per heavy atom. The van der Waals surface area contributed by atoms with Gasteiger partial charge in [-0.3, -0.25) is 0 Å². The van der Waals surface area contributed by atoms with E-state index in [1.165, 1.54) is 35.2 Å². The molecule has 0 aliphatic heterocycles. The number of aromatic nitrogens is 1. The van der Waals surface area contributed by atoms with E-state index in [1.54, 1.807) is 19.1 Å². The summed E-state index contributed by atoms with van der Waals surface area (Å²) in [6.07, 6.45) is 1.88. The smallest absolute Gasteiger partial charge is 0.360 e. The largest absolute Gasteiger partial charge is 0.461 e. The predicted molar refractivity (Wildman–Crippen MR) is 79.5 cm³/mol. The molecule has 0 radical (unpaired) electrons. The first-order chi connectivity index (χ1) is 9.63. The third-order valence-electron chi connectivity index (χ3n) is 2.35. The minimum Gasteiger partial charge on any atom is -0.461 e. The fourth-order valence-corrected chi connectivity index (χ4v) is 2.95. The summed E-state index contributed by atoms with van der Waals surface area (Å²) in [7, 11) is 0. The maximum absolute atomic E-state index is 12.9. The number of ether oxygens (including phenoxy) is 1. The highest BCUT2D eigenvalue weighted by atomic mass is 32.2. The highest BCUT2D eigenvalue weighted by molar-refractivity contribution is 8.00. The average molecular weight is 312 g/mol. The van der Waals surface area contributed by atoms with E-state index < -0.39 is 5.97 Å². The van der Waals surface area contributed by atoms with Gasteiger partial charge in [-0.15, -0.1) is 0 Å². The second-order valence-corrected chi connectivity index (χ2v) is 5.77. The van der Waals surface area contributed by atoms with Crippen LogP contribution in [0.4, 0.5) is 15.1 Å². The summed E-state index contributed by atoms with van der Waals surface area (Å²) in [5.41, 5.74) is 0.943. The molecule has 1 aromatic carbocycles. The van der Waals surface area contributed by atoms with Crippen LogP contribution in [0.25, 0.3) is 0 Å². The Kier molecular flexibility index (Phi) is 4.97. The summed E-state index contributed by atoms with van der Waals surface area (Å²) < 4.78 is 18.6. The van der Waals surface area contributed by atoms with E-state index in [0.717, 1.165) is 4.34 Å². The second-order valence-electron chi connectivity index (χ2n) is 3.71. The number of rotatable bonds is 5. The zero-order valence-corrected chi connectivity index (χ0v) is 12.6. The van der Waals surface area contributed by atoms with Crippen LogP contribution in [0.3, 0.4) is 0 Å². The van der Waals surface area contributed by atoms with Crippen LogP contribution in [-0.4, -0.2) is 23.8 Å². The molecule has 1 aromatic heterocycles. The van der Waals surface area contributed by atoms with E-state index in [-0.39, 0.29) is 11.5 Å². The molecule has 20 heavy (non-hydrogen) atoms. The van der Waals surface area contributed by atoms with Gasteiger partial charge in [-0.05, 0) is 37.4 Å². The summed E-state index contributed by atoms with van der Waals surface area (Å²) in [5, 5.41) is 3.67. The van der Waals surface area contributed by atoms with Gasteiger partial charge in [-0.25, -0.2) is 14.2 Å². The number of thioether (sulfide) groups is 1. The van der Waals surface area contributed by atoms with Crippen LogP contribution in [0.15, 0.2) is 28.6 Å². The lowest BCUT2D eigenvalue weighted by Gasteiger charge is -2.05. The zero-order valence-electron chi connectivity index (χ0n) is 11.0. The maximum Gasteiger partial charge on any atom is 0.360 e. The first-order valence-electron chi connectivity index (χ1n) is 5.88. The van der Waals surface area contributed by atoms with Crippen molar-refractivity contribution in [1.82, 2.24) is 4.98 Å². The molecular weight excluding hydrogens is 299 g/mol. The van der Waals surface area contributed by atoms with Crippen molar-refractivity contribution < 1.29 is 13.9 Å². The van der Waals surface area contributed by atoms with E-state index in [2.05, 4.69) is 10.3 Å². The van der Waals surface area contributed by atoms with Gasteiger partial charge < -0.3 is 10.1 Å². The number of esters is 1. The van der Waals surface area contributed by atoms with Gasteiger partial charge in [-0.2, -0.15) is 0 Å². The number of hydrogen-bond acceptors (Lipinski definition) is 6. The Morgan fingerprint density at radius 2 is 2.15 bits per heavy atom. The lowest BCUT2D eigenvalue weighted by Crippen LogP contribution is -2.07. The standard InChI is InChI=1S/C13H13FN2O2S2/c1-3-18-12(17)10-11(20-13(16-10)19-2)15-9-6-4-8(14)5-7-9/h4-7,15H,3H2,1-2H3. The van der Waals surface area contributed by atoms with Gasteiger partial charge in [0.25, 0.3) is 0 Å². The molecule has 4 nitrogen and oxygen atoms in total. The second kappa shape index (κ2) is 6.71. The molecule has 0 saturated heterocycles. The van der Waals surface area contributed by atoms with Gasteiger partial charge in [0.15, 0.2) is 10.0 Å². The number of hydrogen-bond donors (Lipinski definition) is 1. The Labute approximate surface area is 124 Å². The molecular formula is C13H13FN2O2S2. The first kappa shape index (κ1) is 14.8. The fraction of sp³-hybridized carbons (Fsp3) is 0.231. The number of halogens is 1. The van der Waals surface area contributed by atoms with Crippen molar-refractivity contribution in [2.45, 2.75) is 11.3 Å². The highest BCUT2D eigenvalue weighted by Gasteiger charge is 2.19. The van der Waals surface area contributed by atoms with Crippen LogP contribution >= 0.6 is 23.1 Å². The van der Waals surface area contributed by atoms with E-state index in [9.17, 15) is 9.18 Å². The van der Waals surface area contributed by atoms with Crippen LogP contribution in [0.5, 0.6) is 0 Å². The topological polar surface area (TPSA) is 51.2 Å². The fourth-order valence-electron chi connectivity index (χ4n) is 1.47. The van der Waals surface area contributed by atoms with Crippen molar-refractivity contribution >= 4 is 39.8 Å². The van der Waals surface area contributed by atoms with Crippen molar-refractivity contribution in [3.63, 3.8) is 0 Å². The number of carbonyl (C=O) groups excluding carboxylic acids is 1. The molecule has 0 aliphatic rings. The third-order valence-corrected chi connectivity index (χ3v) is 4.31. The van der Waals surface area contributed by atoms with Crippen LogP contribution < -0.4 is 5.32 Å². The number of nitrogens with zero attached hydrogens (tertiary/aromatic N) is 1. The van der Waals surface area contributed by atoms with Crippen molar-refractivity contribution in [1.29, 1.82) is 0 Å². The monoisotopic (exact) mass is 312 g/mol. The van der Waals surface area contributed by atoms with Crippen molar-refractivity contribution in [3.8, 4) is 0 Å². The number of thiazole rings is 1. The average Bonchev–Trinajstić information content (AvgIpc) is 2.85. The summed E-state index contributed by atoms with van der Waals surface area (Å²) in [6.45, 7) is 2.04. The molecule has 0 saturated carbocycles. The minimum atomic E-state index is -0.464. The molecule has 7 heteroatoms. The van der Waals surface area contributed by atoms with Crippen LogP contribution in [0.2, 0.25) is 0 Å². The number of carbonyl (C=O) groups is 1. The molecule has 0 unspecified atom stereocenters. The summed E-state index contributed by atoms with van der Waals surface area (Å²) in [6, 6.07) is 5.90. The van der Waals surface area contributed by atoms with Crippen molar-refractivity contribution in [2.24, 2.45) is 0 Å².